The summed E-state index contributed by atoms with van der Waals surface area (Å²) in [4.78, 5) is 24.2. The molecule has 160 valence electrons. The Morgan fingerprint density at radius 1 is 1.00 bits per heavy atom. The molecule has 0 bridgehead atoms. The highest BCUT2D eigenvalue weighted by atomic mass is 16.5. The van der Waals surface area contributed by atoms with Gasteiger partial charge in [0.1, 0.15) is 0 Å². The highest BCUT2D eigenvalue weighted by molar-refractivity contribution is 5.97. The second-order valence-corrected chi connectivity index (χ2v) is 5.86. The number of carbonyl (C=O) groups excluding carboxylic acids is 2. The van der Waals surface area contributed by atoms with Crippen LogP contribution in [0, 0.1) is 0 Å². The van der Waals surface area contributed by atoms with Gasteiger partial charge in [-0.3, -0.25) is 9.59 Å². The standard InChI is InChI=1S/C21H25N3O6/c1-5-30-20-15(7-6-8-17(20)28-3)12-23-24-19(25)13-22-21(26)14-9-10-16(27-2)18(11-14)29-4/h6-12H,5,13H2,1-4H3,(H,22,26)(H,24,25)/b23-12-. The normalized spacial score (nSPS) is 10.4. The van der Waals surface area contributed by atoms with Crippen LogP contribution in [0.4, 0.5) is 0 Å². The lowest BCUT2D eigenvalue weighted by Crippen LogP contribution is -2.34. The fourth-order valence-corrected chi connectivity index (χ4v) is 2.55. The molecular formula is C21H25N3O6. The van der Waals surface area contributed by atoms with Crippen LogP contribution in [0.1, 0.15) is 22.8 Å². The van der Waals surface area contributed by atoms with Crippen molar-refractivity contribution in [3.63, 3.8) is 0 Å². The number of hydrogen-bond acceptors (Lipinski definition) is 7. The summed E-state index contributed by atoms with van der Waals surface area (Å²) in [6.07, 6.45) is 1.45. The lowest BCUT2D eigenvalue weighted by molar-refractivity contribution is -0.120. The third kappa shape index (κ3) is 5.87. The predicted molar refractivity (Wildman–Crippen MR) is 112 cm³/mol. The van der Waals surface area contributed by atoms with Crippen molar-refractivity contribution in [1.82, 2.24) is 10.7 Å². The minimum absolute atomic E-state index is 0.249. The predicted octanol–water partition coefficient (Wildman–Crippen LogP) is 1.99. The average molecular weight is 415 g/mol. The number of ether oxygens (including phenoxy) is 4. The molecule has 0 heterocycles. The van der Waals surface area contributed by atoms with Crippen molar-refractivity contribution in [3.05, 3.63) is 47.5 Å². The van der Waals surface area contributed by atoms with Crippen molar-refractivity contribution in [2.45, 2.75) is 6.92 Å². The highest BCUT2D eigenvalue weighted by Crippen LogP contribution is 2.30. The Kier molecular flexibility index (Phi) is 8.49. The Hall–Kier alpha value is -3.75. The van der Waals surface area contributed by atoms with Crippen LogP contribution in [-0.4, -0.2) is 52.5 Å². The number of methoxy groups -OCH3 is 3. The van der Waals surface area contributed by atoms with Gasteiger partial charge in [-0.25, -0.2) is 5.43 Å². The number of carbonyl (C=O) groups is 2. The summed E-state index contributed by atoms with van der Waals surface area (Å²) in [7, 11) is 4.53. The lowest BCUT2D eigenvalue weighted by atomic mass is 10.2. The monoisotopic (exact) mass is 415 g/mol. The van der Waals surface area contributed by atoms with Crippen LogP contribution in [-0.2, 0) is 4.79 Å². The zero-order valence-electron chi connectivity index (χ0n) is 17.4. The van der Waals surface area contributed by atoms with Crippen molar-refractivity contribution in [3.8, 4) is 23.0 Å². The van der Waals surface area contributed by atoms with Crippen LogP contribution in [0.2, 0.25) is 0 Å². The molecule has 30 heavy (non-hydrogen) atoms. The molecule has 9 heteroatoms. The van der Waals surface area contributed by atoms with E-state index < -0.39 is 11.8 Å². The van der Waals surface area contributed by atoms with Gasteiger partial charge in [-0.2, -0.15) is 5.10 Å². The average Bonchev–Trinajstić information content (AvgIpc) is 2.77. The molecule has 2 aromatic carbocycles. The Labute approximate surface area is 175 Å². The Morgan fingerprint density at radius 2 is 1.73 bits per heavy atom. The summed E-state index contributed by atoms with van der Waals surface area (Å²) in [5.74, 6) is 1.10. The summed E-state index contributed by atoms with van der Waals surface area (Å²) in [6, 6.07) is 10.1. The molecule has 2 N–H and O–H groups in total. The van der Waals surface area contributed by atoms with Gasteiger partial charge in [0, 0.05) is 11.1 Å². The molecule has 0 aliphatic rings. The van der Waals surface area contributed by atoms with Gasteiger partial charge in [0.15, 0.2) is 23.0 Å². The number of hydrazone groups is 1. The van der Waals surface area contributed by atoms with Gasteiger partial charge in [-0.05, 0) is 37.3 Å². The van der Waals surface area contributed by atoms with Crippen LogP contribution in [0.25, 0.3) is 0 Å². The number of para-hydroxylation sites is 1. The molecule has 0 atom stereocenters. The maximum Gasteiger partial charge on any atom is 0.259 e. The number of nitrogens with one attached hydrogen (secondary N) is 2. The Balaban J connectivity index is 1.93. The lowest BCUT2D eigenvalue weighted by Gasteiger charge is -2.11. The van der Waals surface area contributed by atoms with E-state index in [9.17, 15) is 9.59 Å². The zero-order chi connectivity index (χ0) is 21.9. The maximum absolute atomic E-state index is 12.2. The summed E-state index contributed by atoms with van der Waals surface area (Å²) in [5, 5.41) is 6.43. The number of benzene rings is 2. The number of amides is 2. The summed E-state index contributed by atoms with van der Waals surface area (Å²) in [5.41, 5.74) is 3.34. The maximum atomic E-state index is 12.2. The van der Waals surface area contributed by atoms with Crippen molar-refractivity contribution in [2.24, 2.45) is 5.10 Å². The van der Waals surface area contributed by atoms with Crippen molar-refractivity contribution in [1.29, 1.82) is 0 Å². The van der Waals surface area contributed by atoms with Crippen LogP contribution in [0.15, 0.2) is 41.5 Å². The Bertz CT molecular complexity index is 914. The van der Waals surface area contributed by atoms with Crippen LogP contribution >= 0.6 is 0 Å². The fourth-order valence-electron chi connectivity index (χ4n) is 2.55. The first-order chi connectivity index (χ1) is 14.5. The van der Waals surface area contributed by atoms with E-state index in [1.165, 1.54) is 26.5 Å². The van der Waals surface area contributed by atoms with E-state index in [4.69, 9.17) is 18.9 Å². The molecule has 2 aromatic rings. The van der Waals surface area contributed by atoms with Gasteiger partial charge in [0.05, 0.1) is 40.7 Å². The van der Waals surface area contributed by atoms with Gasteiger partial charge in [-0.1, -0.05) is 6.07 Å². The molecule has 0 spiro atoms. The van der Waals surface area contributed by atoms with Gasteiger partial charge in [0.25, 0.3) is 11.8 Å². The van der Waals surface area contributed by atoms with Crippen LogP contribution in [0.5, 0.6) is 23.0 Å². The molecular weight excluding hydrogens is 390 g/mol. The molecule has 0 unspecified atom stereocenters. The van der Waals surface area contributed by atoms with E-state index in [1.54, 1.807) is 37.4 Å². The molecule has 0 fully saturated rings. The van der Waals surface area contributed by atoms with E-state index in [-0.39, 0.29) is 6.54 Å². The highest BCUT2D eigenvalue weighted by Gasteiger charge is 2.12. The first-order valence-electron chi connectivity index (χ1n) is 9.15. The molecule has 2 rings (SSSR count). The SMILES string of the molecule is CCOc1c(/C=N\NC(=O)CNC(=O)c2ccc(OC)c(OC)c2)cccc1OC. The first-order valence-corrected chi connectivity index (χ1v) is 9.15. The van der Waals surface area contributed by atoms with Crippen LogP contribution in [0.3, 0.4) is 0 Å². The van der Waals surface area contributed by atoms with Gasteiger partial charge in [-0.15, -0.1) is 0 Å². The molecule has 0 radical (unpaired) electrons. The summed E-state index contributed by atoms with van der Waals surface area (Å²) < 4.78 is 21.1. The molecule has 0 saturated carbocycles. The van der Waals surface area contributed by atoms with Crippen LogP contribution < -0.4 is 29.7 Å². The van der Waals surface area contributed by atoms with Gasteiger partial charge >= 0.3 is 0 Å². The molecule has 2 amide bonds. The number of nitrogens with zero attached hydrogens (tertiary/aromatic N) is 1. The molecule has 9 nitrogen and oxygen atoms in total. The number of rotatable bonds is 10. The van der Waals surface area contributed by atoms with Gasteiger partial charge < -0.3 is 24.3 Å². The van der Waals surface area contributed by atoms with E-state index in [1.807, 2.05) is 6.92 Å². The molecule has 0 aliphatic heterocycles. The van der Waals surface area contributed by atoms with Crippen molar-refractivity contribution in [2.75, 3.05) is 34.5 Å². The third-order valence-electron chi connectivity index (χ3n) is 3.97. The summed E-state index contributed by atoms with van der Waals surface area (Å²) >= 11 is 0. The zero-order valence-corrected chi connectivity index (χ0v) is 17.4. The van der Waals surface area contributed by atoms with E-state index in [2.05, 4.69) is 15.8 Å². The fraction of sp³-hybridized carbons (Fsp3) is 0.286. The minimum atomic E-state index is -0.485. The number of hydrogen-bond donors (Lipinski definition) is 2. The Morgan fingerprint density at radius 3 is 2.40 bits per heavy atom. The topological polar surface area (TPSA) is 107 Å². The third-order valence-corrected chi connectivity index (χ3v) is 3.97. The van der Waals surface area contributed by atoms with E-state index in [0.717, 1.165) is 0 Å². The van der Waals surface area contributed by atoms with Gasteiger partial charge in [0.2, 0.25) is 0 Å². The second kappa shape index (κ2) is 11.3. The smallest absolute Gasteiger partial charge is 0.259 e. The molecule has 0 aromatic heterocycles. The van der Waals surface area contributed by atoms with Crippen molar-refractivity contribution >= 4 is 18.0 Å². The second-order valence-electron chi connectivity index (χ2n) is 5.86. The largest absolute Gasteiger partial charge is 0.493 e. The van der Waals surface area contributed by atoms with E-state index in [0.29, 0.717) is 40.7 Å². The van der Waals surface area contributed by atoms with Crippen molar-refractivity contribution < 1.29 is 28.5 Å². The molecule has 0 aliphatic carbocycles. The van der Waals surface area contributed by atoms with E-state index >= 15 is 0 Å². The quantitative estimate of drug-likeness (QED) is 0.454. The minimum Gasteiger partial charge on any atom is -0.493 e. The summed E-state index contributed by atoms with van der Waals surface area (Å²) in [6.45, 7) is 2.06. The first kappa shape index (κ1) is 22.5. The molecule has 0 saturated heterocycles.